The van der Waals surface area contributed by atoms with Crippen molar-refractivity contribution in [1.82, 2.24) is 9.88 Å². The minimum Gasteiger partial charge on any atom is -0.355 e. The number of para-hydroxylation sites is 2. The monoisotopic (exact) mass is 528 g/mol. The van der Waals surface area contributed by atoms with Gasteiger partial charge in [0.15, 0.2) is 0 Å². The second kappa shape index (κ2) is 9.38. The first kappa shape index (κ1) is 24.0. The van der Waals surface area contributed by atoms with Gasteiger partial charge in [-0.15, -0.1) is 0 Å². The van der Waals surface area contributed by atoms with E-state index in [0.29, 0.717) is 11.8 Å². The maximum Gasteiger partial charge on any atom is 0.0541 e. The molecule has 1 aromatic heterocycles. The predicted octanol–water partition coefficient (Wildman–Crippen LogP) is 9.70. The van der Waals surface area contributed by atoms with Gasteiger partial charge in [0, 0.05) is 39.3 Å². The van der Waals surface area contributed by atoms with Gasteiger partial charge in [0.1, 0.15) is 0 Å². The largest absolute Gasteiger partial charge is 0.355 e. The predicted molar refractivity (Wildman–Crippen MR) is 173 cm³/mol. The Hall–Kier alpha value is -4.82. The Bertz CT molecular complexity index is 2010. The molecule has 0 spiro atoms. The van der Waals surface area contributed by atoms with E-state index in [9.17, 15) is 0 Å². The van der Waals surface area contributed by atoms with Gasteiger partial charge in [-0.3, -0.25) is 0 Å². The maximum absolute atomic E-state index is 3.78. The molecule has 2 aliphatic heterocycles. The molecule has 41 heavy (non-hydrogen) atoms. The molecule has 2 bridgehead atoms. The zero-order chi connectivity index (χ0) is 27.5. The minimum absolute atomic E-state index is 0.293. The van der Waals surface area contributed by atoms with Crippen molar-refractivity contribution in [2.75, 3.05) is 0 Å². The average molecular weight is 529 g/mol. The SMILES string of the molecule is CC1CC=C(c2ccc3c(c2)c2ccccc2n3-c2ccccc2)C=C1C1=C2C=CC=C(N2)c2ccccc2C1C. The van der Waals surface area contributed by atoms with Gasteiger partial charge < -0.3 is 9.88 Å². The molecule has 2 unspecified atom stereocenters. The Labute approximate surface area is 241 Å². The number of aromatic nitrogens is 1. The van der Waals surface area contributed by atoms with Crippen molar-refractivity contribution in [3.05, 3.63) is 161 Å². The third kappa shape index (κ3) is 3.78. The first-order valence-electron chi connectivity index (χ1n) is 14.7. The molecule has 1 N–H and O–H groups in total. The molecular weight excluding hydrogens is 496 g/mol. The van der Waals surface area contributed by atoms with Crippen molar-refractivity contribution in [3.63, 3.8) is 0 Å². The third-order valence-corrected chi connectivity index (χ3v) is 9.10. The van der Waals surface area contributed by atoms with Crippen LogP contribution in [0.3, 0.4) is 0 Å². The summed E-state index contributed by atoms with van der Waals surface area (Å²) in [4.78, 5) is 0. The molecule has 2 nitrogen and oxygen atoms in total. The number of fused-ring (bicyclic) bond motifs is 7. The molecule has 0 saturated carbocycles. The fourth-order valence-corrected chi connectivity index (χ4v) is 7.05. The average Bonchev–Trinajstić information content (AvgIpc) is 3.33. The number of dihydropyridines is 1. The number of nitrogens with zero attached hydrogens (tertiary/aromatic N) is 1. The lowest BCUT2D eigenvalue weighted by Crippen LogP contribution is -2.17. The normalized spacial score (nSPS) is 19.8. The fourth-order valence-electron chi connectivity index (χ4n) is 7.05. The molecule has 5 aromatic rings. The van der Waals surface area contributed by atoms with Crippen LogP contribution in [-0.4, -0.2) is 4.57 Å². The maximum atomic E-state index is 3.78. The van der Waals surface area contributed by atoms with Crippen molar-refractivity contribution in [2.24, 2.45) is 5.92 Å². The van der Waals surface area contributed by atoms with E-state index in [-0.39, 0.29) is 0 Å². The van der Waals surface area contributed by atoms with Crippen LogP contribution in [0.25, 0.3) is 38.8 Å². The number of hydrogen-bond donors (Lipinski definition) is 1. The van der Waals surface area contributed by atoms with Crippen LogP contribution < -0.4 is 5.32 Å². The molecule has 0 fully saturated rings. The van der Waals surface area contributed by atoms with Gasteiger partial charge in [-0.05, 0) is 82.7 Å². The summed E-state index contributed by atoms with van der Waals surface area (Å²) in [6.45, 7) is 4.74. The van der Waals surface area contributed by atoms with Crippen LogP contribution in [0.1, 0.15) is 42.9 Å². The standard InChI is InChI=1S/C39H32N2/c1-25-19-20-27(23-33(25)39-26(2)30-13-6-7-14-31(30)35-16-10-17-36(39)40-35)28-21-22-38-34(24-28)32-15-8-9-18-37(32)41(38)29-11-4-3-5-12-29/h3-18,20-26,40H,19H2,1-2H3. The Morgan fingerprint density at radius 3 is 2.46 bits per heavy atom. The lowest BCUT2D eigenvalue weighted by Gasteiger charge is -2.28. The van der Waals surface area contributed by atoms with Crippen molar-refractivity contribution < 1.29 is 0 Å². The van der Waals surface area contributed by atoms with E-state index in [1.165, 1.54) is 72.3 Å². The van der Waals surface area contributed by atoms with Crippen molar-refractivity contribution in [3.8, 4) is 5.69 Å². The second-order valence-corrected chi connectivity index (χ2v) is 11.5. The summed E-state index contributed by atoms with van der Waals surface area (Å²) >= 11 is 0. The van der Waals surface area contributed by atoms with Crippen LogP contribution in [-0.2, 0) is 0 Å². The highest BCUT2D eigenvalue weighted by Gasteiger charge is 2.30. The van der Waals surface area contributed by atoms with Crippen molar-refractivity contribution >= 4 is 33.1 Å². The summed E-state index contributed by atoms with van der Waals surface area (Å²) in [6.07, 6.45) is 12.6. The first-order valence-corrected chi connectivity index (χ1v) is 14.7. The Kier molecular flexibility index (Phi) is 5.50. The van der Waals surface area contributed by atoms with Gasteiger partial charge in [-0.2, -0.15) is 0 Å². The van der Waals surface area contributed by atoms with Gasteiger partial charge in [-0.1, -0.05) is 98.8 Å². The van der Waals surface area contributed by atoms with Crippen molar-refractivity contribution in [2.45, 2.75) is 26.2 Å². The number of nitrogens with one attached hydrogen (secondary N) is 1. The van der Waals surface area contributed by atoms with Crippen LogP contribution in [0.15, 0.2) is 144 Å². The van der Waals surface area contributed by atoms with Gasteiger partial charge >= 0.3 is 0 Å². The minimum atomic E-state index is 0.293. The van der Waals surface area contributed by atoms with Crippen LogP contribution in [0.4, 0.5) is 0 Å². The molecule has 2 atom stereocenters. The Balaban J connectivity index is 1.27. The number of allylic oxidation sites excluding steroid dienone is 8. The summed E-state index contributed by atoms with van der Waals surface area (Å²) in [7, 11) is 0. The topological polar surface area (TPSA) is 17.0 Å². The molecule has 1 aliphatic carbocycles. The van der Waals surface area contributed by atoms with Crippen LogP contribution in [0.2, 0.25) is 0 Å². The highest BCUT2D eigenvalue weighted by atomic mass is 15.0. The first-order chi connectivity index (χ1) is 20.2. The highest BCUT2D eigenvalue weighted by Crippen LogP contribution is 2.45. The Morgan fingerprint density at radius 1 is 0.780 bits per heavy atom. The van der Waals surface area contributed by atoms with Gasteiger partial charge in [0.25, 0.3) is 0 Å². The van der Waals surface area contributed by atoms with Crippen molar-refractivity contribution in [1.29, 1.82) is 0 Å². The third-order valence-electron chi connectivity index (χ3n) is 9.10. The summed E-state index contributed by atoms with van der Waals surface area (Å²) in [5.74, 6) is 0.740. The van der Waals surface area contributed by atoms with E-state index in [4.69, 9.17) is 0 Å². The molecule has 3 heterocycles. The molecule has 4 aromatic carbocycles. The molecule has 198 valence electrons. The van der Waals surface area contributed by atoms with E-state index in [1.54, 1.807) is 0 Å². The number of benzene rings is 4. The summed E-state index contributed by atoms with van der Waals surface area (Å²) < 4.78 is 2.39. The van der Waals surface area contributed by atoms with E-state index < -0.39 is 0 Å². The second-order valence-electron chi connectivity index (χ2n) is 11.5. The Morgan fingerprint density at radius 2 is 1.56 bits per heavy atom. The molecular formula is C39H32N2. The summed E-state index contributed by atoms with van der Waals surface area (Å²) in [5.41, 5.74) is 14.2. The number of hydrogen-bond acceptors (Lipinski definition) is 1. The smallest absolute Gasteiger partial charge is 0.0541 e. The molecule has 0 amide bonds. The van der Waals surface area contributed by atoms with Gasteiger partial charge in [-0.25, -0.2) is 0 Å². The summed E-state index contributed by atoms with van der Waals surface area (Å²) in [5, 5.41) is 6.36. The summed E-state index contributed by atoms with van der Waals surface area (Å²) in [6, 6.07) is 35.3. The lowest BCUT2D eigenvalue weighted by molar-refractivity contribution is 0.674. The highest BCUT2D eigenvalue weighted by molar-refractivity contribution is 6.10. The quantitative estimate of drug-likeness (QED) is 0.247. The van der Waals surface area contributed by atoms with E-state index >= 15 is 0 Å². The van der Waals surface area contributed by atoms with E-state index in [1.807, 2.05) is 0 Å². The molecule has 8 rings (SSSR count). The van der Waals surface area contributed by atoms with E-state index in [0.717, 1.165) is 6.42 Å². The molecule has 0 radical (unpaired) electrons. The van der Waals surface area contributed by atoms with Crippen LogP contribution in [0.5, 0.6) is 0 Å². The van der Waals surface area contributed by atoms with E-state index in [2.05, 4.69) is 151 Å². The van der Waals surface area contributed by atoms with Crippen LogP contribution in [0, 0.1) is 5.92 Å². The van der Waals surface area contributed by atoms with Gasteiger partial charge in [0.05, 0.1) is 11.0 Å². The molecule has 3 aliphatic rings. The van der Waals surface area contributed by atoms with Crippen LogP contribution >= 0.6 is 0 Å². The van der Waals surface area contributed by atoms with Gasteiger partial charge in [0.2, 0.25) is 0 Å². The molecule has 0 saturated heterocycles. The number of rotatable bonds is 3. The fraction of sp³-hybridized carbons (Fsp3) is 0.128. The lowest BCUT2D eigenvalue weighted by atomic mass is 9.77. The molecule has 2 heteroatoms. The zero-order valence-corrected chi connectivity index (χ0v) is 23.4. The zero-order valence-electron chi connectivity index (χ0n) is 23.4.